The zero-order valence-corrected chi connectivity index (χ0v) is 20.9. The van der Waals surface area contributed by atoms with E-state index in [4.69, 9.17) is 9.47 Å². The van der Waals surface area contributed by atoms with Crippen LogP contribution in [-0.4, -0.2) is 23.4 Å². The van der Waals surface area contributed by atoms with E-state index in [0.29, 0.717) is 25.0 Å². The fraction of sp³-hybridized carbons (Fsp3) is 0.375. The van der Waals surface area contributed by atoms with Gasteiger partial charge in [0.25, 0.3) is 0 Å². The van der Waals surface area contributed by atoms with E-state index in [0.717, 1.165) is 50.1 Å². The molecule has 1 aliphatic heterocycles. The molecule has 36 heavy (non-hydrogen) atoms. The number of benzene rings is 4. The number of hydrogen-bond donors (Lipinski definition) is 2. The minimum atomic E-state index is 0.211. The molecule has 2 N–H and O–H groups in total. The first kappa shape index (κ1) is 23.0. The van der Waals surface area contributed by atoms with Crippen molar-refractivity contribution in [1.82, 2.24) is 0 Å². The van der Waals surface area contributed by atoms with Crippen LogP contribution in [0, 0.1) is 17.8 Å². The van der Waals surface area contributed by atoms with Crippen LogP contribution in [0.1, 0.15) is 45.4 Å². The number of phenolic OH excluding ortho intramolecular Hbond substituents is 2. The molecule has 0 spiro atoms. The van der Waals surface area contributed by atoms with Crippen molar-refractivity contribution in [2.24, 2.45) is 17.8 Å². The molecule has 4 aromatic rings. The molecule has 1 saturated carbocycles. The summed E-state index contributed by atoms with van der Waals surface area (Å²) in [6.45, 7) is 3.50. The summed E-state index contributed by atoms with van der Waals surface area (Å²) < 4.78 is 13.2. The molecule has 0 radical (unpaired) electrons. The highest BCUT2D eigenvalue weighted by Gasteiger charge is 2.30. The zero-order chi connectivity index (χ0) is 24.6. The molecule has 2 aliphatic rings. The van der Waals surface area contributed by atoms with Crippen molar-refractivity contribution in [2.75, 3.05) is 13.2 Å². The molecular formula is C32H34O4. The molecule has 0 aromatic heterocycles. The normalized spacial score (nSPS) is 20.5. The van der Waals surface area contributed by atoms with Crippen LogP contribution in [0.15, 0.2) is 60.7 Å². The minimum absolute atomic E-state index is 0.211. The van der Waals surface area contributed by atoms with E-state index < -0.39 is 0 Å². The lowest BCUT2D eigenvalue weighted by atomic mass is 9.75. The van der Waals surface area contributed by atoms with Gasteiger partial charge < -0.3 is 19.7 Å². The van der Waals surface area contributed by atoms with Crippen molar-refractivity contribution >= 4 is 21.5 Å². The van der Waals surface area contributed by atoms with Crippen molar-refractivity contribution in [3.8, 4) is 34.1 Å². The Morgan fingerprint density at radius 2 is 1.17 bits per heavy atom. The maximum Gasteiger partial charge on any atom is 0.127 e. The van der Waals surface area contributed by atoms with Crippen LogP contribution < -0.4 is 9.47 Å². The van der Waals surface area contributed by atoms with Crippen LogP contribution in [0.5, 0.6) is 23.0 Å². The van der Waals surface area contributed by atoms with Crippen molar-refractivity contribution in [3.05, 3.63) is 60.7 Å². The third-order valence-corrected chi connectivity index (χ3v) is 8.34. The molecule has 4 aromatic carbocycles. The first-order valence-corrected chi connectivity index (χ1v) is 13.4. The molecule has 4 heteroatoms. The second-order valence-corrected chi connectivity index (χ2v) is 10.6. The van der Waals surface area contributed by atoms with Crippen LogP contribution in [0.2, 0.25) is 0 Å². The van der Waals surface area contributed by atoms with E-state index >= 15 is 0 Å². The molecule has 0 amide bonds. The van der Waals surface area contributed by atoms with E-state index in [2.05, 4.69) is 19.1 Å². The van der Waals surface area contributed by atoms with Gasteiger partial charge >= 0.3 is 0 Å². The summed E-state index contributed by atoms with van der Waals surface area (Å²) in [5, 5.41) is 24.6. The number of hydrogen-bond acceptors (Lipinski definition) is 4. The summed E-state index contributed by atoms with van der Waals surface area (Å²) in [5.74, 6) is 3.78. The van der Waals surface area contributed by atoms with E-state index in [1.54, 1.807) is 24.3 Å². The lowest BCUT2D eigenvalue weighted by Gasteiger charge is -2.33. The SMILES string of the molecule is CCCC1CCC(C2COc3ccc4ccc(O)cc4c3-c3c(ccc4ccc(O)cc34)OC2)CC1. The summed E-state index contributed by atoms with van der Waals surface area (Å²) in [6, 6.07) is 19.1. The highest BCUT2D eigenvalue weighted by molar-refractivity contribution is 6.10. The van der Waals surface area contributed by atoms with Gasteiger partial charge in [-0.25, -0.2) is 0 Å². The van der Waals surface area contributed by atoms with Crippen LogP contribution >= 0.6 is 0 Å². The predicted molar refractivity (Wildman–Crippen MR) is 145 cm³/mol. The number of ether oxygens (including phenoxy) is 2. The van der Waals surface area contributed by atoms with E-state index in [1.807, 2.05) is 24.3 Å². The van der Waals surface area contributed by atoms with Gasteiger partial charge in [0.05, 0.1) is 13.2 Å². The number of phenols is 2. The van der Waals surface area contributed by atoms with Gasteiger partial charge in [0, 0.05) is 17.0 Å². The largest absolute Gasteiger partial charge is 0.508 e. The minimum Gasteiger partial charge on any atom is -0.508 e. The van der Waals surface area contributed by atoms with Crippen molar-refractivity contribution in [1.29, 1.82) is 0 Å². The monoisotopic (exact) mass is 482 g/mol. The fourth-order valence-corrected chi connectivity index (χ4v) is 6.40. The maximum atomic E-state index is 10.4. The Morgan fingerprint density at radius 3 is 1.67 bits per heavy atom. The molecule has 1 aliphatic carbocycles. The lowest BCUT2D eigenvalue weighted by Crippen LogP contribution is -2.30. The molecule has 0 bridgehead atoms. The van der Waals surface area contributed by atoms with Crippen LogP contribution in [-0.2, 0) is 0 Å². The van der Waals surface area contributed by atoms with Gasteiger partial charge in [-0.15, -0.1) is 0 Å². The predicted octanol–water partition coefficient (Wildman–Crippen LogP) is 8.07. The molecule has 186 valence electrons. The topological polar surface area (TPSA) is 58.9 Å². The third-order valence-electron chi connectivity index (χ3n) is 8.34. The van der Waals surface area contributed by atoms with Gasteiger partial charge in [0.2, 0.25) is 0 Å². The first-order valence-electron chi connectivity index (χ1n) is 13.4. The van der Waals surface area contributed by atoms with Gasteiger partial charge in [-0.2, -0.15) is 0 Å². The average Bonchev–Trinajstić information content (AvgIpc) is 2.97. The molecule has 6 rings (SSSR count). The Kier molecular flexibility index (Phi) is 6.12. The summed E-state index contributed by atoms with van der Waals surface area (Å²) in [4.78, 5) is 0. The van der Waals surface area contributed by atoms with Crippen LogP contribution in [0.3, 0.4) is 0 Å². The second-order valence-electron chi connectivity index (χ2n) is 10.6. The quantitative estimate of drug-likeness (QED) is 0.310. The summed E-state index contributed by atoms with van der Waals surface area (Å²) >= 11 is 0. The van der Waals surface area contributed by atoms with Gasteiger partial charge in [-0.05, 0) is 82.6 Å². The summed E-state index contributed by atoms with van der Waals surface area (Å²) in [5.41, 5.74) is 1.81. The highest BCUT2D eigenvalue weighted by Crippen LogP contribution is 2.48. The molecular weight excluding hydrogens is 448 g/mol. The average molecular weight is 483 g/mol. The Balaban J connectivity index is 1.48. The van der Waals surface area contributed by atoms with Gasteiger partial charge in [-0.1, -0.05) is 56.9 Å². The fourth-order valence-electron chi connectivity index (χ4n) is 6.40. The first-order chi connectivity index (χ1) is 17.6. The second kappa shape index (κ2) is 9.57. The molecule has 1 fully saturated rings. The smallest absolute Gasteiger partial charge is 0.127 e. The summed E-state index contributed by atoms with van der Waals surface area (Å²) in [7, 11) is 0. The van der Waals surface area contributed by atoms with Gasteiger partial charge in [0.15, 0.2) is 0 Å². The molecule has 0 atom stereocenters. The summed E-state index contributed by atoms with van der Waals surface area (Å²) in [6.07, 6.45) is 7.68. The Bertz CT molecular complexity index is 1310. The third kappa shape index (κ3) is 4.23. The number of fused-ring (bicyclic) bond motifs is 7. The number of aromatic hydroxyl groups is 2. The van der Waals surface area contributed by atoms with E-state index in [9.17, 15) is 10.2 Å². The van der Waals surface area contributed by atoms with Crippen LogP contribution in [0.25, 0.3) is 32.7 Å². The Hall–Kier alpha value is -3.40. The van der Waals surface area contributed by atoms with Crippen molar-refractivity contribution < 1.29 is 19.7 Å². The van der Waals surface area contributed by atoms with Crippen molar-refractivity contribution in [3.63, 3.8) is 0 Å². The lowest BCUT2D eigenvalue weighted by molar-refractivity contribution is 0.0983. The standard InChI is InChI=1S/C32H34O4/c1-2-3-20-4-6-21(7-5-20)24-18-35-29-14-10-22-8-12-25(33)16-27(22)31(29)32-28-17-26(34)13-9-23(28)11-15-30(32)36-19-24/h8-17,20-21,24,33-34H,2-7,18-19H2,1H3. The molecule has 0 saturated heterocycles. The molecule has 1 heterocycles. The molecule has 0 unspecified atom stereocenters. The Morgan fingerprint density at radius 1 is 0.667 bits per heavy atom. The van der Waals surface area contributed by atoms with E-state index in [1.165, 1.54) is 38.5 Å². The number of rotatable bonds is 3. The van der Waals surface area contributed by atoms with Crippen LogP contribution in [0.4, 0.5) is 0 Å². The zero-order valence-electron chi connectivity index (χ0n) is 20.9. The Labute approximate surface area is 212 Å². The maximum absolute atomic E-state index is 10.4. The van der Waals surface area contributed by atoms with E-state index in [-0.39, 0.29) is 11.5 Å². The van der Waals surface area contributed by atoms with Gasteiger partial charge in [0.1, 0.15) is 23.0 Å². The molecule has 4 nitrogen and oxygen atoms in total. The van der Waals surface area contributed by atoms with Gasteiger partial charge in [-0.3, -0.25) is 0 Å². The van der Waals surface area contributed by atoms with Crippen molar-refractivity contribution in [2.45, 2.75) is 45.4 Å². The highest BCUT2D eigenvalue weighted by atomic mass is 16.5.